The number of hydrogen-bond acceptors (Lipinski definition) is 8. The standard InChI is InChI=1S/C31H43F3N6O6S/c1-20(2)14-28(42)35-16-22-15-21(4-5-26(22)31(32,33)34)29-25-19-38(47(3,44)45)11-8-27(25)40(36-29)18-24(41)17-37-9-6-23(7-10-37)39-12-13-46-30(39)43/h4-5,15,20,23-24,41H,6-14,16-19H2,1-3H3,(H,35,42). The van der Waals surface area contributed by atoms with E-state index >= 15 is 0 Å². The summed E-state index contributed by atoms with van der Waals surface area (Å²) in [6.07, 6.45) is -2.64. The Bertz CT molecular complexity index is 1570. The van der Waals surface area contributed by atoms with Crippen LogP contribution >= 0.6 is 0 Å². The third-order valence-electron chi connectivity index (χ3n) is 8.96. The maximum atomic E-state index is 14.0. The molecular weight excluding hydrogens is 641 g/mol. The molecule has 1 aromatic carbocycles. The summed E-state index contributed by atoms with van der Waals surface area (Å²) >= 11 is 0. The monoisotopic (exact) mass is 684 g/mol. The van der Waals surface area contributed by atoms with Crippen molar-refractivity contribution in [2.24, 2.45) is 5.92 Å². The van der Waals surface area contributed by atoms with Crippen LogP contribution in [0.1, 0.15) is 55.5 Å². The molecule has 0 bridgehead atoms. The molecule has 1 aromatic heterocycles. The van der Waals surface area contributed by atoms with Crippen molar-refractivity contribution in [3.8, 4) is 11.3 Å². The molecule has 1 atom stereocenters. The van der Waals surface area contributed by atoms with E-state index in [1.54, 1.807) is 9.58 Å². The Morgan fingerprint density at radius 1 is 1.15 bits per heavy atom. The van der Waals surface area contributed by atoms with Gasteiger partial charge in [0, 0.05) is 75.0 Å². The summed E-state index contributed by atoms with van der Waals surface area (Å²) in [5.74, 6) is -0.324. The Labute approximate surface area is 272 Å². The highest BCUT2D eigenvalue weighted by Gasteiger charge is 2.36. The second-order valence-corrected chi connectivity index (χ2v) is 15.0. The first kappa shape index (κ1) is 35.1. The predicted molar refractivity (Wildman–Crippen MR) is 166 cm³/mol. The molecule has 2 saturated heterocycles. The number of alkyl halides is 3. The lowest BCUT2D eigenvalue weighted by molar-refractivity contribution is -0.138. The SMILES string of the molecule is CC(C)CC(=O)NCc1cc(-c2nn(CC(O)CN3CCC(N4CCOC4=O)CC3)c3c2CN(S(C)(=O)=O)CC3)ccc1C(F)(F)F. The van der Waals surface area contributed by atoms with Gasteiger partial charge in [0.05, 0.1) is 36.7 Å². The third-order valence-corrected chi connectivity index (χ3v) is 10.2. The molecule has 0 saturated carbocycles. The summed E-state index contributed by atoms with van der Waals surface area (Å²) in [7, 11) is -3.57. The number of sulfonamides is 1. The van der Waals surface area contributed by atoms with E-state index in [0.29, 0.717) is 56.0 Å². The van der Waals surface area contributed by atoms with E-state index in [2.05, 4.69) is 10.2 Å². The van der Waals surface area contributed by atoms with Crippen molar-refractivity contribution in [2.45, 2.75) is 77.5 Å². The molecule has 2 N–H and O–H groups in total. The minimum atomic E-state index is -4.65. The molecule has 47 heavy (non-hydrogen) atoms. The van der Waals surface area contributed by atoms with Crippen molar-refractivity contribution < 1.29 is 41.0 Å². The predicted octanol–water partition coefficient (Wildman–Crippen LogP) is 2.83. The number of aliphatic hydroxyl groups excluding tert-OH is 1. The number of hydrogen-bond donors (Lipinski definition) is 2. The summed E-state index contributed by atoms with van der Waals surface area (Å²) in [4.78, 5) is 28.1. The molecule has 2 amide bonds. The number of cyclic esters (lactones) is 1. The molecule has 0 radical (unpaired) electrons. The van der Waals surface area contributed by atoms with E-state index in [9.17, 15) is 36.3 Å². The zero-order valence-electron chi connectivity index (χ0n) is 26.9. The number of benzene rings is 1. The Hall–Kier alpha value is -3.21. The fraction of sp³-hybridized carbons (Fsp3) is 0.645. The van der Waals surface area contributed by atoms with Gasteiger partial charge in [-0.3, -0.25) is 9.48 Å². The lowest BCUT2D eigenvalue weighted by atomic mass is 9.97. The molecule has 3 aliphatic heterocycles. The maximum absolute atomic E-state index is 14.0. The average Bonchev–Trinajstić information content (AvgIpc) is 3.58. The Morgan fingerprint density at radius 2 is 1.87 bits per heavy atom. The van der Waals surface area contributed by atoms with Crippen LogP contribution in [-0.2, 0) is 51.8 Å². The number of carbonyl (C=O) groups excluding carboxylic acids is 2. The number of nitrogens with zero attached hydrogens (tertiary/aromatic N) is 5. The van der Waals surface area contributed by atoms with E-state index < -0.39 is 27.9 Å². The van der Waals surface area contributed by atoms with Gasteiger partial charge in [-0.2, -0.15) is 22.6 Å². The second kappa shape index (κ2) is 14.1. The first-order valence-corrected chi connectivity index (χ1v) is 17.8. The van der Waals surface area contributed by atoms with Crippen molar-refractivity contribution in [1.82, 2.24) is 29.2 Å². The summed E-state index contributed by atoms with van der Waals surface area (Å²) < 4.78 is 74.9. The number of amides is 2. The molecule has 0 aliphatic carbocycles. The zero-order chi connectivity index (χ0) is 34.1. The minimum absolute atomic E-state index is 0.00643. The fourth-order valence-corrected chi connectivity index (χ4v) is 7.43. The number of aromatic nitrogens is 2. The van der Waals surface area contributed by atoms with E-state index in [0.717, 1.165) is 30.9 Å². The third kappa shape index (κ3) is 8.45. The highest BCUT2D eigenvalue weighted by molar-refractivity contribution is 7.88. The van der Waals surface area contributed by atoms with Crippen LogP contribution in [0, 0.1) is 5.92 Å². The largest absolute Gasteiger partial charge is 0.448 e. The van der Waals surface area contributed by atoms with Crippen LogP contribution in [0.5, 0.6) is 0 Å². The normalized spacial score (nSPS) is 19.2. The smallest absolute Gasteiger partial charge is 0.416 e. The van der Waals surface area contributed by atoms with E-state index in [-0.39, 0.29) is 62.1 Å². The average molecular weight is 685 g/mol. The van der Waals surface area contributed by atoms with Crippen molar-refractivity contribution in [3.63, 3.8) is 0 Å². The molecule has 260 valence electrons. The molecular formula is C31H43F3N6O6S. The van der Waals surface area contributed by atoms with Gasteiger partial charge in [0.25, 0.3) is 0 Å². The summed E-state index contributed by atoms with van der Waals surface area (Å²) in [6.45, 7) is 6.39. The van der Waals surface area contributed by atoms with Crippen LogP contribution in [0.15, 0.2) is 18.2 Å². The number of aliphatic hydroxyl groups is 1. The quantitative estimate of drug-likeness (QED) is 0.369. The number of ether oxygens (including phenoxy) is 1. The van der Waals surface area contributed by atoms with Crippen LogP contribution in [0.2, 0.25) is 0 Å². The van der Waals surface area contributed by atoms with E-state index in [1.807, 2.05) is 13.8 Å². The molecule has 12 nitrogen and oxygen atoms in total. The number of carbonyl (C=O) groups is 2. The molecule has 2 aromatic rings. The topological polar surface area (TPSA) is 137 Å². The molecule has 1 unspecified atom stereocenters. The minimum Gasteiger partial charge on any atom is -0.448 e. The summed E-state index contributed by atoms with van der Waals surface area (Å²) in [5, 5.41) is 18.5. The van der Waals surface area contributed by atoms with Gasteiger partial charge in [-0.25, -0.2) is 13.2 Å². The van der Waals surface area contributed by atoms with Gasteiger partial charge >= 0.3 is 12.3 Å². The van der Waals surface area contributed by atoms with Crippen molar-refractivity contribution in [1.29, 1.82) is 0 Å². The number of nitrogens with one attached hydrogen (secondary N) is 1. The number of rotatable bonds is 11. The molecule has 3 aliphatic rings. The summed E-state index contributed by atoms with van der Waals surface area (Å²) in [5.41, 5.74) is 0.976. The van der Waals surface area contributed by atoms with Gasteiger partial charge in [-0.1, -0.05) is 19.9 Å². The van der Waals surface area contributed by atoms with Gasteiger partial charge < -0.3 is 25.0 Å². The Balaban J connectivity index is 1.38. The van der Waals surface area contributed by atoms with E-state index in [1.165, 1.54) is 16.4 Å². The van der Waals surface area contributed by atoms with Crippen LogP contribution in [0.25, 0.3) is 11.3 Å². The van der Waals surface area contributed by atoms with Crippen LogP contribution in [-0.4, -0.2) is 107 Å². The molecule has 2 fully saturated rings. The Morgan fingerprint density at radius 3 is 2.49 bits per heavy atom. The maximum Gasteiger partial charge on any atom is 0.416 e. The van der Waals surface area contributed by atoms with Crippen LogP contribution < -0.4 is 5.32 Å². The molecule has 0 spiro atoms. The number of piperidine rings is 1. The first-order chi connectivity index (χ1) is 22.1. The molecule has 5 rings (SSSR count). The van der Waals surface area contributed by atoms with Crippen molar-refractivity contribution in [2.75, 3.05) is 45.6 Å². The zero-order valence-corrected chi connectivity index (χ0v) is 27.7. The number of halogens is 3. The molecule has 16 heteroatoms. The molecule has 4 heterocycles. The van der Waals surface area contributed by atoms with Gasteiger partial charge in [-0.05, 0) is 36.5 Å². The summed E-state index contributed by atoms with van der Waals surface area (Å²) in [6, 6.07) is 3.73. The second-order valence-electron chi connectivity index (χ2n) is 13.0. The van der Waals surface area contributed by atoms with E-state index in [4.69, 9.17) is 9.84 Å². The van der Waals surface area contributed by atoms with Gasteiger partial charge in [0.15, 0.2) is 0 Å². The number of β-amino-alcohol motifs (C(OH)–C–C–N with tert-alkyl or cyclic N) is 1. The number of fused-ring (bicyclic) bond motifs is 1. The van der Waals surface area contributed by atoms with Crippen molar-refractivity contribution >= 4 is 22.0 Å². The first-order valence-electron chi connectivity index (χ1n) is 15.9. The van der Waals surface area contributed by atoms with Crippen LogP contribution in [0.3, 0.4) is 0 Å². The van der Waals surface area contributed by atoms with Gasteiger partial charge in [0.1, 0.15) is 6.61 Å². The highest BCUT2D eigenvalue weighted by atomic mass is 32.2. The van der Waals surface area contributed by atoms with Crippen LogP contribution in [0.4, 0.5) is 18.0 Å². The lowest BCUT2D eigenvalue weighted by Crippen LogP contribution is -2.47. The van der Waals surface area contributed by atoms with Gasteiger partial charge in [-0.15, -0.1) is 0 Å². The Kier molecular flexibility index (Phi) is 10.5. The van der Waals surface area contributed by atoms with Gasteiger partial charge in [0.2, 0.25) is 15.9 Å². The highest BCUT2D eigenvalue weighted by Crippen LogP contribution is 2.37. The number of likely N-dealkylation sites (tertiary alicyclic amines) is 1. The fourth-order valence-electron chi connectivity index (χ4n) is 6.64. The lowest BCUT2D eigenvalue weighted by Gasteiger charge is -2.36. The van der Waals surface area contributed by atoms with Crippen molar-refractivity contribution in [3.05, 3.63) is 40.6 Å².